The van der Waals surface area contributed by atoms with Crippen molar-refractivity contribution < 1.29 is 9.53 Å². The number of aryl methyl sites for hydroxylation is 1. The van der Waals surface area contributed by atoms with Crippen molar-refractivity contribution in [3.63, 3.8) is 0 Å². The van der Waals surface area contributed by atoms with Gasteiger partial charge in [0.05, 0.1) is 0 Å². The second-order valence-corrected chi connectivity index (χ2v) is 9.01. The quantitative estimate of drug-likeness (QED) is 0.401. The van der Waals surface area contributed by atoms with Crippen LogP contribution in [-0.4, -0.2) is 44.0 Å². The number of benzene rings is 1. The van der Waals surface area contributed by atoms with Crippen LogP contribution in [-0.2, 0) is 4.74 Å². The van der Waals surface area contributed by atoms with Gasteiger partial charge < -0.3 is 0 Å². The van der Waals surface area contributed by atoms with E-state index in [9.17, 15) is 4.79 Å². The topological polar surface area (TPSA) is 57.0 Å². The Labute approximate surface area is 179 Å². The number of ether oxygens (including phenoxy) is 1. The van der Waals surface area contributed by atoms with Gasteiger partial charge in [-0.1, -0.05) is 0 Å². The molecule has 1 fully saturated rings. The summed E-state index contributed by atoms with van der Waals surface area (Å²) in [7, 11) is 0. The molecule has 0 N–H and O–H groups in total. The van der Waals surface area contributed by atoms with E-state index in [1.807, 2.05) is 19.2 Å². The average Bonchev–Trinajstić information content (AvgIpc) is 3.11. The van der Waals surface area contributed by atoms with E-state index in [0.717, 1.165) is 45.9 Å². The molecule has 3 aromatic rings. The molecule has 3 heterocycles. The molecule has 1 aliphatic rings. The first-order chi connectivity index (χ1) is 13.0. The molecule has 4 rings (SSSR count). The normalized spacial score (nSPS) is 17.4. The van der Waals surface area contributed by atoms with E-state index < -0.39 is 0 Å². The second kappa shape index (κ2) is 7.67. The number of halogens is 2. The molecule has 0 saturated carbocycles. The van der Waals surface area contributed by atoms with Crippen LogP contribution in [0.15, 0.2) is 28.9 Å². The van der Waals surface area contributed by atoms with Gasteiger partial charge in [0, 0.05) is 0 Å². The molecule has 0 spiro atoms. The molecule has 2 unspecified atom stereocenters. The molecule has 8 heteroatoms. The van der Waals surface area contributed by atoms with Gasteiger partial charge in [-0.05, 0) is 0 Å². The SMILES string of the molecule is Cc1nc([AsH2])c(C(=O)c2ccc(Cl)c3nn(C4CCCCO4)cc23)cc1Br. The summed E-state index contributed by atoms with van der Waals surface area (Å²) in [5.41, 5.74) is 2.67. The van der Waals surface area contributed by atoms with Gasteiger partial charge >= 0.3 is 180 Å². The third-order valence-electron chi connectivity index (χ3n) is 4.77. The van der Waals surface area contributed by atoms with E-state index in [-0.39, 0.29) is 12.0 Å². The standard InChI is InChI=1S/C19H18AsBrClN3O2/c1-10-14(21)8-12(19(20)23-10)18(26)11-5-6-15(22)17-13(11)9-25(24-17)16-4-2-3-7-27-16/h5-6,8-9,16H,2-4,7,20H2,1H3. The minimum absolute atomic E-state index is 0.0756. The van der Waals surface area contributed by atoms with Crippen molar-refractivity contribution in [2.75, 3.05) is 6.61 Å². The van der Waals surface area contributed by atoms with Gasteiger partial charge in [0.2, 0.25) is 0 Å². The molecule has 1 aliphatic heterocycles. The number of ketones is 1. The molecule has 27 heavy (non-hydrogen) atoms. The maximum absolute atomic E-state index is 13.3. The second-order valence-electron chi connectivity index (χ2n) is 6.61. The van der Waals surface area contributed by atoms with Gasteiger partial charge in [-0.2, -0.15) is 0 Å². The van der Waals surface area contributed by atoms with Crippen LogP contribution in [0.25, 0.3) is 10.9 Å². The fourth-order valence-corrected chi connectivity index (χ4v) is 4.67. The number of nitrogens with zero attached hydrogens (tertiary/aromatic N) is 3. The number of rotatable bonds is 3. The van der Waals surface area contributed by atoms with Crippen LogP contribution in [0.1, 0.15) is 47.1 Å². The molecule has 0 aliphatic carbocycles. The monoisotopic (exact) mass is 509 g/mol. The van der Waals surface area contributed by atoms with E-state index in [4.69, 9.17) is 16.3 Å². The zero-order valence-corrected chi connectivity index (χ0v) is 19.5. The van der Waals surface area contributed by atoms with E-state index in [2.05, 4.69) is 26.0 Å². The molecule has 2 atom stereocenters. The Balaban J connectivity index is 1.82. The van der Waals surface area contributed by atoms with Crippen molar-refractivity contribution in [3.8, 4) is 0 Å². The molecular weight excluding hydrogens is 493 g/mol. The van der Waals surface area contributed by atoms with Crippen LogP contribution in [0.4, 0.5) is 0 Å². The van der Waals surface area contributed by atoms with Gasteiger partial charge in [0.1, 0.15) is 0 Å². The summed E-state index contributed by atoms with van der Waals surface area (Å²) in [6.45, 7) is 2.64. The molecule has 0 bridgehead atoms. The Hall–Kier alpha value is -1.20. The van der Waals surface area contributed by atoms with Crippen molar-refractivity contribution >= 4 is 65.6 Å². The summed E-state index contributed by atoms with van der Waals surface area (Å²) < 4.78 is 9.21. The van der Waals surface area contributed by atoms with Gasteiger partial charge in [-0.3, -0.25) is 0 Å². The fourth-order valence-electron chi connectivity index (χ4n) is 3.29. The van der Waals surface area contributed by atoms with Gasteiger partial charge in [-0.25, -0.2) is 0 Å². The van der Waals surface area contributed by atoms with Crippen molar-refractivity contribution in [1.82, 2.24) is 14.8 Å². The molecule has 0 amide bonds. The number of aromatic nitrogens is 3. The van der Waals surface area contributed by atoms with Crippen LogP contribution in [0.2, 0.25) is 5.02 Å². The Bertz CT molecular complexity index is 1050. The first-order valence-electron chi connectivity index (χ1n) is 8.72. The van der Waals surface area contributed by atoms with Crippen LogP contribution in [0, 0.1) is 6.92 Å². The molecule has 140 valence electrons. The van der Waals surface area contributed by atoms with Crippen molar-refractivity contribution in [2.24, 2.45) is 0 Å². The Morgan fingerprint density at radius 3 is 2.93 bits per heavy atom. The predicted molar refractivity (Wildman–Crippen MR) is 112 cm³/mol. The number of carbonyl (C=O) groups is 1. The molecular formula is C19H18AsBrClN3O2. The number of hydrogen-bond acceptors (Lipinski definition) is 4. The summed E-state index contributed by atoms with van der Waals surface area (Å²) in [6, 6.07) is 5.34. The van der Waals surface area contributed by atoms with Crippen molar-refractivity contribution in [1.29, 1.82) is 0 Å². The van der Waals surface area contributed by atoms with Crippen LogP contribution in [0.3, 0.4) is 0 Å². The van der Waals surface area contributed by atoms with E-state index in [1.54, 1.807) is 16.8 Å². The van der Waals surface area contributed by atoms with Gasteiger partial charge in [0.15, 0.2) is 0 Å². The van der Waals surface area contributed by atoms with Gasteiger partial charge in [0.25, 0.3) is 0 Å². The van der Waals surface area contributed by atoms with E-state index >= 15 is 0 Å². The average molecular weight is 511 g/mol. The third kappa shape index (κ3) is 3.60. The molecule has 2 aromatic heterocycles. The van der Waals surface area contributed by atoms with Crippen LogP contribution >= 0.6 is 27.5 Å². The number of carbonyl (C=O) groups excluding carboxylic acids is 1. The zero-order valence-electron chi connectivity index (χ0n) is 14.7. The Kier molecular flexibility index (Phi) is 5.43. The van der Waals surface area contributed by atoms with E-state index in [1.165, 1.54) is 16.9 Å². The molecule has 0 radical (unpaired) electrons. The number of hydrogen-bond donors (Lipinski definition) is 0. The summed E-state index contributed by atoms with van der Waals surface area (Å²) in [5, 5.41) is 5.88. The third-order valence-corrected chi connectivity index (χ3v) is 6.80. The summed E-state index contributed by atoms with van der Waals surface area (Å²) >= 11 is 11.2. The fraction of sp³-hybridized carbons (Fsp3) is 0.316. The summed E-state index contributed by atoms with van der Waals surface area (Å²) in [4.78, 5) is 17.8. The molecule has 1 aromatic carbocycles. The first-order valence-corrected chi connectivity index (χ1v) is 11.1. The van der Waals surface area contributed by atoms with E-state index in [0.29, 0.717) is 21.7 Å². The summed E-state index contributed by atoms with van der Waals surface area (Å²) in [6.07, 6.45) is 4.85. The van der Waals surface area contributed by atoms with Crippen LogP contribution in [0.5, 0.6) is 0 Å². The summed E-state index contributed by atoms with van der Waals surface area (Å²) in [5.74, 6) is -0.0756. The number of fused-ring (bicyclic) bond motifs is 1. The minimum atomic E-state index is -0.106. The predicted octanol–water partition coefficient (Wildman–Crippen LogP) is 3.34. The van der Waals surface area contributed by atoms with Crippen molar-refractivity contribution in [3.05, 3.63) is 50.7 Å². The molecule has 1 saturated heterocycles. The number of pyridine rings is 1. The first kappa shape index (κ1) is 19.1. The molecule has 5 nitrogen and oxygen atoms in total. The van der Waals surface area contributed by atoms with Crippen molar-refractivity contribution in [2.45, 2.75) is 32.4 Å². The van der Waals surface area contributed by atoms with Gasteiger partial charge in [-0.15, -0.1) is 0 Å². The maximum atomic E-state index is 13.3. The Morgan fingerprint density at radius 2 is 2.19 bits per heavy atom. The zero-order chi connectivity index (χ0) is 19.1. The van der Waals surface area contributed by atoms with Crippen LogP contribution < -0.4 is 4.48 Å². The Morgan fingerprint density at radius 1 is 1.37 bits per heavy atom.